The summed E-state index contributed by atoms with van der Waals surface area (Å²) in [6, 6.07) is 3.81. The summed E-state index contributed by atoms with van der Waals surface area (Å²) >= 11 is 0. The summed E-state index contributed by atoms with van der Waals surface area (Å²) in [5.41, 5.74) is 4.53. The molecular formula is C16H15N5O. The van der Waals surface area contributed by atoms with Gasteiger partial charge in [-0.1, -0.05) is 0 Å². The van der Waals surface area contributed by atoms with E-state index in [0.717, 1.165) is 34.7 Å². The minimum atomic E-state index is -0.0418. The molecule has 0 saturated carbocycles. The quantitative estimate of drug-likeness (QED) is 0.854. The highest BCUT2D eigenvalue weighted by Crippen LogP contribution is 2.31. The van der Waals surface area contributed by atoms with Crippen LogP contribution in [0.2, 0.25) is 0 Å². The van der Waals surface area contributed by atoms with Crippen molar-refractivity contribution < 1.29 is 4.79 Å². The highest BCUT2D eigenvalue weighted by molar-refractivity contribution is 6.06. The number of anilines is 2. The molecule has 4 rings (SSSR count). The summed E-state index contributed by atoms with van der Waals surface area (Å²) in [7, 11) is 0. The minimum absolute atomic E-state index is 0.0418. The van der Waals surface area contributed by atoms with Crippen molar-refractivity contribution in [1.82, 2.24) is 9.97 Å². The van der Waals surface area contributed by atoms with Gasteiger partial charge in [0.25, 0.3) is 0 Å². The van der Waals surface area contributed by atoms with E-state index >= 15 is 0 Å². The molecule has 4 heterocycles. The van der Waals surface area contributed by atoms with Crippen LogP contribution >= 0.6 is 0 Å². The molecule has 0 bridgehead atoms. The van der Waals surface area contributed by atoms with Crippen LogP contribution in [0.1, 0.15) is 11.3 Å². The smallest absolute Gasteiger partial charge is 0.291 e. The number of carbonyl (C=O) groups excluding carboxylic acids is 1. The number of fused-ring (bicyclic) bond motifs is 1. The van der Waals surface area contributed by atoms with Gasteiger partial charge in [0.1, 0.15) is 0 Å². The lowest BCUT2D eigenvalue weighted by atomic mass is 10.2. The van der Waals surface area contributed by atoms with Crippen molar-refractivity contribution in [2.45, 2.75) is 13.3 Å². The first-order valence-electron chi connectivity index (χ1n) is 7.25. The molecule has 0 unspecified atom stereocenters. The Balaban J connectivity index is 1.64. The Morgan fingerprint density at radius 3 is 2.91 bits per heavy atom. The summed E-state index contributed by atoms with van der Waals surface area (Å²) in [6.07, 6.45) is 7.84. The van der Waals surface area contributed by atoms with Crippen molar-refractivity contribution in [3.05, 3.63) is 42.0 Å². The molecular weight excluding hydrogens is 278 g/mol. The Kier molecular flexibility index (Phi) is 2.89. The molecule has 22 heavy (non-hydrogen) atoms. The van der Waals surface area contributed by atoms with E-state index < -0.39 is 0 Å². The molecule has 110 valence electrons. The second kappa shape index (κ2) is 4.91. The summed E-state index contributed by atoms with van der Waals surface area (Å²) in [5.74, 6) is 0. The monoisotopic (exact) mass is 293 g/mol. The number of carbonyl (C=O) groups is 1. The molecule has 0 aliphatic carbocycles. The lowest BCUT2D eigenvalue weighted by molar-refractivity contribution is 0.256. The van der Waals surface area contributed by atoms with Crippen LogP contribution in [0.15, 0.2) is 35.7 Å². The Hall–Kier alpha value is -2.76. The van der Waals surface area contributed by atoms with Crippen LogP contribution in [0.3, 0.4) is 0 Å². The maximum absolute atomic E-state index is 12.7. The zero-order valence-electron chi connectivity index (χ0n) is 12.2. The first-order chi connectivity index (χ1) is 10.7. The molecule has 0 N–H and O–H groups in total. The van der Waals surface area contributed by atoms with Crippen LogP contribution < -0.4 is 9.80 Å². The Morgan fingerprint density at radius 1 is 1.18 bits per heavy atom. The summed E-state index contributed by atoms with van der Waals surface area (Å²) in [4.78, 5) is 29.1. The van der Waals surface area contributed by atoms with Crippen LogP contribution in [-0.2, 0) is 6.42 Å². The van der Waals surface area contributed by atoms with Crippen LogP contribution in [0.4, 0.5) is 21.9 Å². The standard InChI is InChI=1S/C16H15N5O/c1-11-2-4-17-10-15(11)21-7-6-20(16(21)22)12-8-14-13(19-9-12)3-5-18-14/h2,4-5,8-10H,3,6-7H2,1H3. The van der Waals surface area contributed by atoms with Gasteiger partial charge in [0.2, 0.25) is 0 Å². The van der Waals surface area contributed by atoms with Gasteiger partial charge in [0.05, 0.1) is 35.1 Å². The highest BCUT2D eigenvalue weighted by atomic mass is 16.2. The van der Waals surface area contributed by atoms with Crippen LogP contribution in [0.25, 0.3) is 0 Å². The molecule has 2 aliphatic heterocycles. The predicted molar refractivity (Wildman–Crippen MR) is 85.2 cm³/mol. The van der Waals surface area contributed by atoms with Gasteiger partial charge in [0, 0.05) is 31.9 Å². The fourth-order valence-electron chi connectivity index (χ4n) is 2.86. The van der Waals surface area contributed by atoms with Gasteiger partial charge in [-0.3, -0.25) is 24.8 Å². The van der Waals surface area contributed by atoms with Crippen molar-refractivity contribution >= 4 is 29.3 Å². The van der Waals surface area contributed by atoms with E-state index in [2.05, 4.69) is 15.0 Å². The van der Waals surface area contributed by atoms with E-state index in [0.29, 0.717) is 13.1 Å². The molecule has 2 aromatic rings. The fraction of sp³-hybridized carbons (Fsp3) is 0.250. The number of amides is 2. The van der Waals surface area contributed by atoms with E-state index in [1.807, 2.05) is 25.3 Å². The zero-order valence-corrected chi connectivity index (χ0v) is 12.2. The van der Waals surface area contributed by atoms with E-state index in [1.54, 1.807) is 28.4 Å². The SMILES string of the molecule is Cc1ccncc1N1CCN(c2cnc3c(c2)N=CC3)C1=O. The third kappa shape index (κ3) is 1.95. The first kappa shape index (κ1) is 12.9. The number of hydrogen-bond acceptors (Lipinski definition) is 4. The number of aromatic nitrogens is 2. The maximum atomic E-state index is 12.7. The van der Waals surface area contributed by atoms with E-state index in [-0.39, 0.29) is 6.03 Å². The fourth-order valence-corrected chi connectivity index (χ4v) is 2.86. The average Bonchev–Trinajstić information content (AvgIpc) is 3.13. The molecule has 0 spiro atoms. The van der Waals surface area contributed by atoms with Gasteiger partial charge in [-0.2, -0.15) is 0 Å². The molecule has 1 fully saturated rings. The van der Waals surface area contributed by atoms with Crippen LogP contribution in [0, 0.1) is 6.92 Å². The Morgan fingerprint density at radius 2 is 2.05 bits per heavy atom. The molecule has 0 radical (unpaired) electrons. The van der Waals surface area contributed by atoms with Crippen molar-refractivity contribution in [2.24, 2.45) is 4.99 Å². The molecule has 2 amide bonds. The summed E-state index contributed by atoms with van der Waals surface area (Å²) < 4.78 is 0. The van der Waals surface area contributed by atoms with Gasteiger partial charge in [-0.25, -0.2) is 4.79 Å². The minimum Gasteiger partial charge on any atom is -0.291 e. The number of rotatable bonds is 2. The van der Waals surface area contributed by atoms with Crippen LogP contribution in [-0.4, -0.2) is 35.3 Å². The van der Waals surface area contributed by atoms with Gasteiger partial charge < -0.3 is 0 Å². The molecule has 6 nitrogen and oxygen atoms in total. The lowest BCUT2D eigenvalue weighted by Crippen LogP contribution is -2.32. The van der Waals surface area contributed by atoms with Gasteiger partial charge in [0.15, 0.2) is 0 Å². The Bertz CT molecular complexity index is 786. The second-order valence-corrected chi connectivity index (χ2v) is 5.42. The van der Waals surface area contributed by atoms with Gasteiger partial charge in [-0.15, -0.1) is 0 Å². The van der Waals surface area contributed by atoms with Crippen molar-refractivity contribution in [3.8, 4) is 0 Å². The normalized spacial score (nSPS) is 16.5. The molecule has 6 heteroatoms. The van der Waals surface area contributed by atoms with E-state index in [1.165, 1.54) is 0 Å². The first-order valence-corrected chi connectivity index (χ1v) is 7.25. The number of hydrogen-bond donors (Lipinski definition) is 0. The third-order valence-electron chi connectivity index (χ3n) is 4.07. The third-order valence-corrected chi connectivity index (χ3v) is 4.07. The number of urea groups is 1. The highest BCUT2D eigenvalue weighted by Gasteiger charge is 2.32. The average molecular weight is 293 g/mol. The number of pyridine rings is 2. The van der Waals surface area contributed by atoms with E-state index in [4.69, 9.17) is 0 Å². The molecule has 0 aromatic carbocycles. The molecule has 2 aliphatic rings. The van der Waals surface area contributed by atoms with E-state index in [9.17, 15) is 4.79 Å². The number of aryl methyl sites for hydroxylation is 1. The van der Waals surface area contributed by atoms with Crippen molar-refractivity contribution in [3.63, 3.8) is 0 Å². The van der Waals surface area contributed by atoms with Gasteiger partial charge >= 0.3 is 6.03 Å². The molecule has 0 atom stereocenters. The van der Waals surface area contributed by atoms with Crippen LogP contribution in [0.5, 0.6) is 0 Å². The summed E-state index contributed by atoms with van der Waals surface area (Å²) in [5, 5.41) is 0. The Labute approximate surface area is 128 Å². The number of nitrogens with zero attached hydrogens (tertiary/aromatic N) is 5. The molecule has 1 saturated heterocycles. The summed E-state index contributed by atoms with van der Waals surface area (Å²) in [6.45, 7) is 3.27. The van der Waals surface area contributed by atoms with Crippen molar-refractivity contribution in [2.75, 3.05) is 22.9 Å². The molecule has 2 aromatic heterocycles. The largest absolute Gasteiger partial charge is 0.329 e. The zero-order chi connectivity index (χ0) is 15.1. The van der Waals surface area contributed by atoms with Gasteiger partial charge in [-0.05, 0) is 24.6 Å². The second-order valence-electron chi connectivity index (χ2n) is 5.42. The maximum Gasteiger partial charge on any atom is 0.329 e. The topological polar surface area (TPSA) is 61.7 Å². The number of aliphatic imine (C=N–C) groups is 1. The van der Waals surface area contributed by atoms with Crippen molar-refractivity contribution in [1.29, 1.82) is 0 Å². The predicted octanol–water partition coefficient (Wildman–Crippen LogP) is 2.49. The lowest BCUT2D eigenvalue weighted by Gasteiger charge is -2.20.